The lowest BCUT2D eigenvalue weighted by Crippen LogP contribution is -2.51. The minimum Gasteiger partial charge on any atom is -0.508 e. The van der Waals surface area contributed by atoms with Crippen molar-refractivity contribution in [1.29, 1.82) is 0 Å². The molecule has 0 saturated carbocycles. The Hall–Kier alpha value is -6.84. The molecule has 2 bridgehead atoms. The van der Waals surface area contributed by atoms with E-state index in [-0.39, 0.29) is 59.7 Å². The predicted octanol–water partition coefficient (Wildman–Crippen LogP) is 8.10. The lowest BCUT2D eigenvalue weighted by Gasteiger charge is -2.39. The molecule has 5 aliphatic rings. The summed E-state index contributed by atoms with van der Waals surface area (Å²) >= 11 is 1.59. The van der Waals surface area contributed by atoms with Crippen LogP contribution in [0.5, 0.6) is 11.8 Å². The summed E-state index contributed by atoms with van der Waals surface area (Å²) in [7, 11) is 0. The van der Waals surface area contributed by atoms with Crippen LogP contribution in [0, 0.1) is 24.6 Å². The van der Waals surface area contributed by atoms with Crippen molar-refractivity contribution < 1.29 is 33.5 Å². The number of phenolic OH excluding ortho intramolecular Hbond substituents is 1. The summed E-state index contributed by atoms with van der Waals surface area (Å²) in [4.78, 5) is 59.3. The maximum absolute atomic E-state index is 17.2. The number of hydrogen-bond acceptors (Lipinski definition) is 17. The van der Waals surface area contributed by atoms with Crippen molar-refractivity contribution >= 4 is 56.5 Å². The van der Waals surface area contributed by atoms with Gasteiger partial charge in [0, 0.05) is 102 Å². The Labute approximate surface area is 482 Å². The smallest absolute Gasteiger partial charge is 0.319 e. The van der Waals surface area contributed by atoms with Gasteiger partial charge in [0.25, 0.3) is 0 Å². The number of aromatic hydroxyl groups is 1. The van der Waals surface area contributed by atoms with Crippen molar-refractivity contribution in [1.82, 2.24) is 50.4 Å². The van der Waals surface area contributed by atoms with Crippen molar-refractivity contribution in [2.75, 3.05) is 88.4 Å². The van der Waals surface area contributed by atoms with Gasteiger partial charge in [0.15, 0.2) is 17.4 Å². The SMILES string of the molecule is CCc1cccc2cc(O)cc(-c3ncc4c(N5CC6CCC(C5)N6)nc(OCCN5CCC[C@H](CN6CCN(c7cc(C(C(=O)N8C[C@H](O)C[C@H]8C(=O)NC(C)c8ccc(-c9scnc9C)cc8)C(C)C)on7)CC6)C5)nc4c3F)c12. The monoisotopic (exact) mass is 1130 g/mol. The number of aliphatic hydroxyl groups excluding tert-OH is 1. The molecule has 12 rings (SSSR count). The van der Waals surface area contributed by atoms with Crippen molar-refractivity contribution in [2.45, 2.75) is 109 Å². The molecule has 4 aromatic heterocycles. The number of aromatic nitrogens is 5. The molecule has 82 heavy (non-hydrogen) atoms. The molecule has 0 aliphatic carbocycles. The number of anilines is 2. The number of hydrogen-bond donors (Lipinski definition) is 4. The maximum Gasteiger partial charge on any atom is 0.319 e. The third-order valence-electron chi connectivity index (χ3n) is 17.7. The number of amides is 2. The zero-order valence-corrected chi connectivity index (χ0v) is 48.4. The topological polar surface area (TPSA) is 202 Å². The number of ether oxygens (including phenoxy) is 1. The maximum atomic E-state index is 17.2. The van der Waals surface area contributed by atoms with Crippen LogP contribution in [-0.2, 0) is 16.0 Å². The fraction of sp³-hybridized carbons (Fsp3) is 0.500. The molecule has 18 nitrogen and oxygen atoms in total. The van der Waals surface area contributed by atoms with Gasteiger partial charge in [0.1, 0.15) is 41.3 Å². The van der Waals surface area contributed by atoms with E-state index in [1.807, 2.05) is 81.7 Å². The number of thiazole rings is 1. The molecule has 5 fully saturated rings. The van der Waals surface area contributed by atoms with E-state index in [1.54, 1.807) is 29.7 Å². The number of carbonyl (C=O) groups is 2. The van der Waals surface area contributed by atoms with Gasteiger partial charge in [-0.05, 0) is 104 Å². The van der Waals surface area contributed by atoms with E-state index < -0.39 is 23.9 Å². The fourth-order valence-electron chi connectivity index (χ4n) is 13.4. The number of pyridine rings is 1. The average Bonchev–Trinajstić information content (AvgIpc) is 4.38. The Balaban J connectivity index is 0.656. The van der Waals surface area contributed by atoms with Crippen LogP contribution in [-0.4, -0.2) is 165 Å². The van der Waals surface area contributed by atoms with Crippen LogP contribution in [0.4, 0.5) is 16.0 Å². The van der Waals surface area contributed by atoms with Gasteiger partial charge in [-0.25, -0.2) is 9.37 Å². The fourth-order valence-corrected chi connectivity index (χ4v) is 14.3. The highest BCUT2D eigenvalue weighted by Gasteiger charge is 2.44. The summed E-state index contributed by atoms with van der Waals surface area (Å²) in [5.74, 6) is 0.330. The second kappa shape index (κ2) is 23.8. The van der Waals surface area contributed by atoms with Gasteiger partial charge >= 0.3 is 6.01 Å². The molecule has 0 spiro atoms. The van der Waals surface area contributed by atoms with E-state index in [1.165, 1.54) is 4.90 Å². The van der Waals surface area contributed by atoms with Gasteiger partial charge in [0.2, 0.25) is 11.8 Å². The highest BCUT2D eigenvalue weighted by molar-refractivity contribution is 7.13. The number of halogens is 1. The highest BCUT2D eigenvalue weighted by Crippen LogP contribution is 2.40. The zero-order chi connectivity index (χ0) is 56.8. The zero-order valence-electron chi connectivity index (χ0n) is 47.6. The van der Waals surface area contributed by atoms with E-state index in [4.69, 9.17) is 24.2 Å². The van der Waals surface area contributed by atoms with Crippen LogP contribution >= 0.6 is 11.3 Å². The van der Waals surface area contributed by atoms with Crippen molar-refractivity contribution in [3.63, 3.8) is 0 Å². The number of fused-ring (bicyclic) bond motifs is 4. The Morgan fingerprint density at radius 2 is 1.72 bits per heavy atom. The first-order chi connectivity index (χ1) is 39.7. The summed E-state index contributed by atoms with van der Waals surface area (Å²) in [6, 6.07) is 18.8. The van der Waals surface area contributed by atoms with Crippen molar-refractivity contribution in [3.8, 4) is 33.5 Å². The number of likely N-dealkylation sites (tertiary alicyclic amines) is 2. The third-order valence-corrected chi connectivity index (χ3v) is 18.7. The lowest BCUT2D eigenvalue weighted by molar-refractivity contribution is -0.141. The number of piperidine rings is 1. The highest BCUT2D eigenvalue weighted by atomic mass is 32.1. The number of aryl methyl sites for hydroxylation is 2. The quantitative estimate of drug-likeness (QED) is 0.0681. The van der Waals surface area contributed by atoms with Crippen LogP contribution in [0.1, 0.15) is 94.3 Å². The molecule has 20 heteroatoms. The van der Waals surface area contributed by atoms with Crippen molar-refractivity contribution in [2.24, 2.45) is 11.8 Å². The molecule has 9 heterocycles. The number of aliphatic hydroxyl groups is 1. The standard InChI is InChI=1S/C62H75FN12O6S/c1-6-40-10-7-11-43-25-46(76)26-48(54(40)43)56-55(63)57-49(29-64-56)59(74-32-44-16-17-45(33-74)67-44)69-62(68-57)80-24-23-71-18-8-9-39(30-71)31-72-19-21-73(22-20-72)52-28-51(81-70-52)53(36(2)3)61(79)75-34-47(77)27-50(75)60(78)66-37(4)41-12-14-42(15-13-41)58-38(5)65-35-82-58/h7,10-15,25-26,28-29,35-37,39,44-45,47,50,53,67,76-77H,6,8-9,16-24,27,30-34H2,1-5H3,(H,66,78)/t37?,39-,44?,45?,47+,50-,53?/m0/s1. The number of piperazine rings is 2. The normalized spacial score (nSPS) is 22.4. The average molecular weight is 1140 g/mol. The van der Waals surface area contributed by atoms with Crippen LogP contribution < -0.4 is 25.2 Å². The molecule has 0 radical (unpaired) electrons. The first kappa shape index (κ1) is 55.7. The van der Waals surface area contributed by atoms with Crippen LogP contribution in [0.25, 0.3) is 43.4 Å². The van der Waals surface area contributed by atoms with E-state index in [0.717, 1.165) is 129 Å². The Bertz CT molecular complexity index is 3430. The number of nitrogens with one attached hydrogen (secondary N) is 2. The first-order valence-electron chi connectivity index (χ1n) is 29.5. The molecular weight excluding hydrogens is 1060 g/mol. The summed E-state index contributed by atoms with van der Waals surface area (Å²) in [5.41, 5.74) is 6.67. The second-order valence-corrected chi connectivity index (χ2v) is 24.5. The molecule has 3 aromatic carbocycles. The minimum absolute atomic E-state index is 0.0427. The van der Waals surface area contributed by atoms with Crippen molar-refractivity contribution in [3.05, 3.63) is 101 Å². The Morgan fingerprint density at radius 3 is 2.46 bits per heavy atom. The first-order valence-corrected chi connectivity index (χ1v) is 30.3. The van der Waals surface area contributed by atoms with E-state index >= 15 is 4.39 Å². The van der Waals surface area contributed by atoms with Gasteiger partial charge < -0.3 is 44.8 Å². The Morgan fingerprint density at radius 1 is 0.927 bits per heavy atom. The molecule has 7 atom stereocenters. The summed E-state index contributed by atoms with van der Waals surface area (Å²) < 4.78 is 29.6. The van der Waals surface area contributed by atoms with E-state index in [9.17, 15) is 19.8 Å². The molecular formula is C62H75FN12O6S. The third kappa shape index (κ3) is 11.5. The lowest BCUT2D eigenvalue weighted by atomic mass is 9.91. The number of carbonyl (C=O) groups excluding carboxylic acids is 2. The molecule has 5 saturated heterocycles. The van der Waals surface area contributed by atoms with Crippen LogP contribution in [0.2, 0.25) is 0 Å². The van der Waals surface area contributed by atoms with Gasteiger partial charge in [-0.15, -0.1) is 11.3 Å². The molecule has 4 N–H and O–H groups in total. The Kier molecular flexibility index (Phi) is 16.2. The van der Waals surface area contributed by atoms with Gasteiger partial charge in [-0.3, -0.25) is 24.4 Å². The number of rotatable bonds is 17. The minimum atomic E-state index is -0.823. The van der Waals surface area contributed by atoms with Gasteiger partial charge in [-0.2, -0.15) is 9.97 Å². The van der Waals surface area contributed by atoms with E-state index in [0.29, 0.717) is 59.5 Å². The van der Waals surface area contributed by atoms with Crippen LogP contribution in [0.15, 0.2) is 76.9 Å². The summed E-state index contributed by atoms with van der Waals surface area (Å²) in [6.07, 6.45) is 6.14. The van der Waals surface area contributed by atoms with Crippen LogP contribution in [0.3, 0.4) is 0 Å². The predicted molar refractivity (Wildman–Crippen MR) is 316 cm³/mol. The largest absolute Gasteiger partial charge is 0.508 e. The molecule has 2 amide bonds. The number of benzene rings is 3. The molecule has 432 valence electrons. The number of phenols is 1. The summed E-state index contributed by atoms with van der Waals surface area (Å²) in [6.45, 7) is 18.6. The van der Waals surface area contributed by atoms with Gasteiger partial charge in [-0.1, -0.05) is 68.4 Å². The van der Waals surface area contributed by atoms with Gasteiger partial charge in [0.05, 0.1) is 33.6 Å². The summed E-state index contributed by atoms with van der Waals surface area (Å²) in [5, 5.41) is 35.1. The molecule has 4 unspecified atom stereocenters. The number of nitrogens with zero attached hydrogens (tertiary/aromatic N) is 10. The number of β-amino-alcohol motifs (C(OH)–C–C–N with tert-alkyl or cyclic N) is 1. The second-order valence-electron chi connectivity index (χ2n) is 23.7. The van der Waals surface area contributed by atoms with E-state index in [2.05, 4.69) is 47.3 Å². The molecule has 7 aromatic rings. The molecule has 5 aliphatic heterocycles.